The predicted molar refractivity (Wildman–Crippen MR) is 153 cm³/mol. The lowest BCUT2D eigenvalue weighted by Crippen LogP contribution is -2.40. The average Bonchev–Trinajstić information content (AvgIpc) is 3.50. The Morgan fingerprint density at radius 2 is 1.90 bits per heavy atom. The van der Waals surface area contributed by atoms with Crippen LogP contribution in [-0.2, 0) is 39.1 Å². The third-order valence-corrected chi connectivity index (χ3v) is 9.01. The standard InChI is InChI=1S/C33H30F2N4O3/c1-19(22-10-26(34)13-27(35)11-22)39(31(40)21-4-3-7-42-18-21)17-20-8-23-9-24-14-33(15-25(24)12-29(23)37-16-20)28-5-2-6-36-30(28)38-32(33)41/h2,5-6,8-13,16,19,21H,3-4,7,14-15,17-18H2,1H3,(H,36,38,41)/t19-,21?,33+/m1/s1. The molecular weight excluding hydrogens is 538 g/mol. The smallest absolute Gasteiger partial charge is 0.237 e. The minimum Gasteiger partial charge on any atom is -0.381 e. The molecule has 1 N–H and O–H groups in total. The van der Waals surface area contributed by atoms with Crippen molar-refractivity contribution in [2.75, 3.05) is 18.5 Å². The highest BCUT2D eigenvalue weighted by molar-refractivity contribution is 6.06. The van der Waals surface area contributed by atoms with E-state index in [1.54, 1.807) is 24.2 Å². The predicted octanol–water partition coefficient (Wildman–Crippen LogP) is 5.41. The molecule has 42 heavy (non-hydrogen) atoms. The third kappa shape index (κ3) is 4.52. The van der Waals surface area contributed by atoms with E-state index in [1.807, 2.05) is 24.3 Å². The number of hydrogen-bond acceptors (Lipinski definition) is 5. The number of halogens is 2. The monoisotopic (exact) mass is 568 g/mol. The zero-order chi connectivity index (χ0) is 29.0. The summed E-state index contributed by atoms with van der Waals surface area (Å²) in [5, 5.41) is 3.86. The van der Waals surface area contributed by atoms with Crippen molar-refractivity contribution in [1.29, 1.82) is 0 Å². The van der Waals surface area contributed by atoms with Crippen molar-refractivity contribution >= 4 is 28.5 Å². The molecule has 3 atom stereocenters. The first-order chi connectivity index (χ1) is 20.3. The fraction of sp³-hybridized carbons (Fsp3) is 0.333. The van der Waals surface area contributed by atoms with Crippen molar-refractivity contribution in [2.45, 2.75) is 50.6 Å². The molecule has 7 rings (SSSR count). The van der Waals surface area contributed by atoms with E-state index in [-0.39, 0.29) is 24.3 Å². The maximum Gasteiger partial charge on any atom is 0.237 e. The van der Waals surface area contributed by atoms with Crippen LogP contribution < -0.4 is 5.32 Å². The van der Waals surface area contributed by atoms with Crippen molar-refractivity contribution in [3.05, 3.63) is 100 Å². The third-order valence-electron chi connectivity index (χ3n) is 9.01. The highest BCUT2D eigenvalue weighted by Gasteiger charge is 2.51. The van der Waals surface area contributed by atoms with Gasteiger partial charge in [-0.25, -0.2) is 13.8 Å². The molecule has 2 aromatic carbocycles. The van der Waals surface area contributed by atoms with Gasteiger partial charge in [-0.05, 0) is 91.3 Å². The van der Waals surface area contributed by atoms with Crippen molar-refractivity contribution in [2.24, 2.45) is 5.92 Å². The summed E-state index contributed by atoms with van der Waals surface area (Å²) in [4.78, 5) is 37.7. The van der Waals surface area contributed by atoms with Gasteiger partial charge in [-0.15, -0.1) is 0 Å². The van der Waals surface area contributed by atoms with Crippen LogP contribution in [0.15, 0.2) is 60.9 Å². The molecule has 7 nitrogen and oxygen atoms in total. The van der Waals surface area contributed by atoms with Crippen molar-refractivity contribution in [3.8, 4) is 0 Å². The molecule has 3 aliphatic rings. The summed E-state index contributed by atoms with van der Waals surface area (Å²) in [5.74, 6) is -1.20. The van der Waals surface area contributed by atoms with Crippen LogP contribution in [0.4, 0.5) is 14.6 Å². The van der Waals surface area contributed by atoms with Gasteiger partial charge in [-0.3, -0.25) is 14.6 Å². The zero-order valence-corrected chi connectivity index (χ0v) is 23.2. The van der Waals surface area contributed by atoms with Crippen LogP contribution in [-0.4, -0.2) is 39.9 Å². The number of anilines is 1. The van der Waals surface area contributed by atoms with Gasteiger partial charge < -0.3 is 15.0 Å². The Labute approximate surface area is 241 Å². The number of nitrogens with zero attached hydrogens (tertiary/aromatic N) is 3. The molecule has 2 amide bonds. The number of nitrogens with one attached hydrogen (secondary N) is 1. The van der Waals surface area contributed by atoms with Crippen LogP contribution in [0.25, 0.3) is 10.9 Å². The molecule has 0 radical (unpaired) electrons. The summed E-state index contributed by atoms with van der Waals surface area (Å²) < 4.78 is 33.8. The van der Waals surface area contributed by atoms with E-state index in [4.69, 9.17) is 9.72 Å². The number of amides is 2. The van der Waals surface area contributed by atoms with Crippen LogP contribution >= 0.6 is 0 Å². The molecule has 1 saturated heterocycles. The first-order valence-electron chi connectivity index (χ1n) is 14.3. The number of pyridine rings is 2. The number of ether oxygens (including phenoxy) is 1. The summed E-state index contributed by atoms with van der Waals surface area (Å²) in [6, 6.07) is 12.8. The fourth-order valence-corrected chi connectivity index (χ4v) is 6.80. The molecular formula is C33H30F2N4O3. The van der Waals surface area contributed by atoms with Gasteiger partial charge in [-0.2, -0.15) is 0 Å². The average molecular weight is 569 g/mol. The first kappa shape index (κ1) is 26.6. The van der Waals surface area contributed by atoms with Crippen LogP contribution in [0.1, 0.15) is 53.6 Å². The van der Waals surface area contributed by atoms with E-state index < -0.39 is 23.1 Å². The summed E-state index contributed by atoms with van der Waals surface area (Å²) in [6.45, 7) is 2.96. The molecule has 1 aliphatic carbocycles. The van der Waals surface area contributed by atoms with Gasteiger partial charge in [0.05, 0.1) is 29.5 Å². The van der Waals surface area contributed by atoms with Gasteiger partial charge in [0.25, 0.3) is 0 Å². The Morgan fingerprint density at radius 3 is 2.67 bits per heavy atom. The Hall–Kier alpha value is -4.24. The van der Waals surface area contributed by atoms with E-state index in [0.717, 1.165) is 45.6 Å². The molecule has 214 valence electrons. The Balaban J connectivity index is 1.21. The number of aromatic nitrogens is 2. The number of hydrogen-bond donors (Lipinski definition) is 1. The minimum absolute atomic E-state index is 0.0336. The molecule has 1 spiro atoms. The Morgan fingerprint density at radius 1 is 1.12 bits per heavy atom. The van der Waals surface area contributed by atoms with E-state index in [1.165, 1.54) is 12.1 Å². The highest BCUT2D eigenvalue weighted by atomic mass is 19.1. The van der Waals surface area contributed by atoms with Gasteiger partial charge in [0, 0.05) is 42.6 Å². The van der Waals surface area contributed by atoms with Gasteiger partial charge in [-0.1, -0.05) is 6.07 Å². The normalized spacial score (nSPS) is 21.7. The van der Waals surface area contributed by atoms with Crippen LogP contribution in [0, 0.1) is 17.6 Å². The molecule has 2 aliphatic heterocycles. The van der Waals surface area contributed by atoms with E-state index in [9.17, 15) is 18.4 Å². The van der Waals surface area contributed by atoms with Crippen LogP contribution in [0.3, 0.4) is 0 Å². The topological polar surface area (TPSA) is 84.4 Å². The minimum atomic E-state index is -0.682. The number of benzene rings is 2. The fourth-order valence-electron chi connectivity index (χ4n) is 6.80. The van der Waals surface area contributed by atoms with Crippen LogP contribution in [0.2, 0.25) is 0 Å². The molecule has 1 unspecified atom stereocenters. The molecule has 0 saturated carbocycles. The summed E-state index contributed by atoms with van der Waals surface area (Å²) in [5.41, 5.74) is 4.42. The molecule has 2 aromatic heterocycles. The van der Waals surface area contributed by atoms with Crippen molar-refractivity contribution in [3.63, 3.8) is 0 Å². The number of carbonyl (C=O) groups is 2. The van der Waals surface area contributed by atoms with E-state index >= 15 is 0 Å². The highest BCUT2D eigenvalue weighted by Crippen LogP contribution is 2.47. The molecule has 4 heterocycles. The first-order valence-corrected chi connectivity index (χ1v) is 14.3. The Bertz CT molecular complexity index is 1720. The summed E-state index contributed by atoms with van der Waals surface area (Å²) >= 11 is 0. The van der Waals surface area contributed by atoms with Crippen molar-refractivity contribution < 1.29 is 23.1 Å². The quantitative estimate of drug-likeness (QED) is 0.348. The van der Waals surface area contributed by atoms with Gasteiger partial charge in [0.2, 0.25) is 11.8 Å². The second-order valence-corrected chi connectivity index (χ2v) is 11.7. The second kappa shape index (κ2) is 10.2. The number of fused-ring (bicyclic) bond motifs is 4. The molecule has 0 bridgehead atoms. The van der Waals surface area contributed by atoms with Crippen LogP contribution in [0.5, 0.6) is 0 Å². The van der Waals surface area contributed by atoms with Crippen molar-refractivity contribution in [1.82, 2.24) is 14.9 Å². The molecule has 9 heteroatoms. The van der Waals surface area contributed by atoms with Gasteiger partial charge >= 0.3 is 0 Å². The largest absolute Gasteiger partial charge is 0.381 e. The maximum atomic E-state index is 14.1. The Kier molecular flexibility index (Phi) is 6.50. The number of rotatable bonds is 5. The van der Waals surface area contributed by atoms with E-state index in [2.05, 4.69) is 16.4 Å². The number of carbonyl (C=O) groups excluding carboxylic acids is 2. The van der Waals surface area contributed by atoms with Gasteiger partial charge in [0.15, 0.2) is 0 Å². The summed E-state index contributed by atoms with van der Waals surface area (Å²) in [6.07, 6.45) is 6.07. The van der Waals surface area contributed by atoms with E-state index in [0.29, 0.717) is 43.9 Å². The SMILES string of the molecule is C[C@H](c1cc(F)cc(F)c1)N(Cc1cnc2cc3c(cc2c1)C[C@@]1(C3)C(=O)Nc2ncccc21)C(=O)C1CCCOC1. The van der Waals surface area contributed by atoms with Gasteiger partial charge in [0.1, 0.15) is 17.5 Å². The molecule has 4 aromatic rings. The lowest BCUT2D eigenvalue weighted by Gasteiger charge is -2.34. The summed E-state index contributed by atoms with van der Waals surface area (Å²) in [7, 11) is 0. The maximum absolute atomic E-state index is 14.1. The lowest BCUT2D eigenvalue weighted by atomic mass is 9.79. The lowest BCUT2D eigenvalue weighted by molar-refractivity contribution is -0.142. The zero-order valence-electron chi connectivity index (χ0n) is 23.2. The molecule has 1 fully saturated rings. The second-order valence-electron chi connectivity index (χ2n) is 11.7.